The van der Waals surface area contributed by atoms with Crippen LogP contribution in [0.5, 0.6) is 0 Å². The number of hydrogen-bond donors (Lipinski definition) is 1. The summed E-state index contributed by atoms with van der Waals surface area (Å²) in [7, 11) is 4.04. The van der Waals surface area contributed by atoms with Gasteiger partial charge >= 0.3 is 0 Å². The molecule has 0 amide bonds. The summed E-state index contributed by atoms with van der Waals surface area (Å²) < 4.78 is 5.36. The summed E-state index contributed by atoms with van der Waals surface area (Å²) >= 11 is 0. The van der Waals surface area contributed by atoms with Gasteiger partial charge in [-0.3, -0.25) is 0 Å². The molecule has 1 atom stereocenters. The Bertz CT molecular complexity index is 577. The van der Waals surface area contributed by atoms with Crippen molar-refractivity contribution in [3.05, 3.63) is 30.1 Å². The molecule has 1 unspecified atom stereocenters. The number of benzene rings is 1. The van der Waals surface area contributed by atoms with E-state index in [1.165, 1.54) is 5.69 Å². The largest absolute Gasteiger partial charge is 0.374 e. The Morgan fingerprint density at radius 3 is 2.45 bits per heavy atom. The average molecular weight is 302 g/mol. The van der Waals surface area contributed by atoms with Crippen molar-refractivity contribution in [2.45, 2.75) is 33.2 Å². The van der Waals surface area contributed by atoms with Gasteiger partial charge in [-0.1, -0.05) is 19.0 Å². The third-order valence-electron chi connectivity index (χ3n) is 3.64. The van der Waals surface area contributed by atoms with Crippen molar-refractivity contribution in [2.75, 3.05) is 25.5 Å². The van der Waals surface area contributed by atoms with Crippen LogP contribution in [0.4, 0.5) is 5.69 Å². The Morgan fingerprint density at radius 2 is 1.86 bits per heavy atom. The molecule has 1 aromatic carbocycles. The quantitative estimate of drug-likeness (QED) is 0.852. The number of aromatic nitrogens is 2. The van der Waals surface area contributed by atoms with Crippen LogP contribution in [-0.2, 0) is 6.42 Å². The van der Waals surface area contributed by atoms with Crippen LogP contribution in [0.2, 0.25) is 0 Å². The van der Waals surface area contributed by atoms with Crippen LogP contribution < -0.4 is 10.2 Å². The molecule has 0 spiro atoms. The lowest BCUT2D eigenvalue weighted by molar-refractivity contribution is 0.418. The first kappa shape index (κ1) is 16.5. The molecule has 1 heterocycles. The van der Waals surface area contributed by atoms with Crippen LogP contribution >= 0.6 is 0 Å². The molecule has 0 radical (unpaired) electrons. The number of rotatable bonds is 7. The van der Waals surface area contributed by atoms with E-state index in [0.717, 1.165) is 24.4 Å². The monoisotopic (exact) mass is 302 g/mol. The van der Waals surface area contributed by atoms with Crippen LogP contribution in [-0.4, -0.2) is 36.8 Å². The van der Waals surface area contributed by atoms with Gasteiger partial charge in [0.05, 0.1) is 0 Å². The minimum absolute atomic E-state index is 0.331. The number of likely N-dealkylation sites (N-methyl/N-ethyl adjacent to an activating group) is 1. The molecule has 2 aromatic rings. The molecule has 0 aliphatic carbocycles. The molecular weight excluding hydrogens is 276 g/mol. The van der Waals surface area contributed by atoms with E-state index in [2.05, 4.69) is 60.3 Å². The Kier molecular flexibility index (Phi) is 5.55. The minimum atomic E-state index is 0.331. The molecule has 0 aliphatic heterocycles. The second-order valence-corrected chi connectivity index (χ2v) is 6.23. The van der Waals surface area contributed by atoms with E-state index in [4.69, 9.17) is 4.52 Å². The van der Waals surface area contributed by atoms with Crippen molar-refractivity contribution in [3.8, 4) is 11.5 Å². The maximum absolute atomic E-state index is 5.36. The van der Waals surface area contributed by atoms with Gasteiger partial charge in [0.1, 0.15) is 0 Å². The van der Waals surface area contributed by atoms with Gasteiger partial charge in [-0.05, 0) is 44.2 Å². The third kappa shape index (κ3) is 4.31. The van der Waals surface area contributed by atoms with Crippen molar-refractivity contribution >= 4 is 5.69 Å². The zero-order valence-corrected chi connectivity index (χ0v) is 14.1. The van der Waals surface area contributed by atoms with Crippen LogP contribution in [0.15, 0.2) is 28.8 Å². The smallest absolute Gasteiger partial charge is 0.257 e. The second-order valence-electron chi connectivity index (χ2n) is 6.23. The molecule has 1 aromatic heterocycles. The average Bonchev–Trinajstić information content (AvgIpc) is 2.95. The summed E-state index contributed by atoms with van der Waals surface area (Å²) in [6.45, 7) is 7.56. The molecule has 0 aliphatic rings. The molecule has 0 saturated heterocycles. The first-order valence-electron chi connectivity index (χ1n) is 7.81. The van der Waals surface area contributed by atoms with Crippen molar-refractivity contribution < 1.29 is 4.52 Å². The Morgan fingerprint density at radius 1 is 1.18 bits per heavy atom. The van der Waals surface area contributed by atoms with Crippen molar-refractivity contribution in [1.82, 2.24) is 15.5 Å². The fourth-order valence-electron chi connectivity index (χ4n) is 2.34. The zero-order chi connectivity index (χ0) is 16.1. The van der Waals surface area contributed by atoms with E-state index in [9.17, 15) is 0 Å². The summed E-state index contributed by atoms with van der Waals surface area (Å²) in [4.78, 5) is 6.71. The van der Waals surface area contributed by atoms with Crippen molar-refractivity contribution in [2.24, 2.45) is 5.92 Å². The fraction of sp³-hybridized carbons (Fsp3) is 0.529. The summed E-state index contributed by atoms with van der Waals surface area (Å²) in [5.41, 5.74) is 2.15. The van der Waals surface area contributed by atoms with E-state index >= 15 is 0 Å². The molecule has 0 bridgehead atoms. The summed E-state index contributed by atoms with van der Waals surface area (Å²) in [6, 6.07) is 8.59. The number of nitrogens with one attached hydrogen (secondary N) is 1. The predicted octanol–water partition coefficient (Wildman–Crippen LogP) is 2.98. The van der Waals surface area contributed by atoms with Gasteiger partial charge in [0.2, 0.25) is 0 Å². The van der Waals surface area contributed by atoms with E-state index in [0.29, 0.717) is 17.9 Å². The van der Waals surface area contributed by atoms with Gasteiger partial charge in [-0.2, -0.15) is 4.98 Å². The highest BCUT2D eigenvalue weighted by Crippen LogP contribution is 2.22. The molecule has 5 nitrogen and oxygen atoms in total. The predicted molar refractivity (Wildman–Crippen MR) is 90.1 cm³/mol. The summed E-state index contributed by atoms with van der Waals surface area (Å²) in [6.07, 6.45) is 0.759. The van der Waals surface area contributed by atoms with Crippen molar-refractivity contribution in [1.29, 1.82) is 0 Å². The van der Waals surface area contributed by atoms with E-state index in [1.54, 1.807) is 0 Å². The lowest BCUT2D eigenvalue weighted by atomic mass is 10.1. The first-order chi connectivity index (χ1) is 10.5. The molecule has 0 fully saturated rings. The molecule has 22 heavy (non-hydrogen) atoms. The lowest BCUT2D eigenvalue weighted by Crippen LogP contribution is -2.24. The minimum Gasteiger partial charge on any atom is -0.374 e. The summed E-state index contributed by atoms with van der Waals surface area (Å²) in [5.74, 6) is 1.95. The van der Waals surface area contributed by atoms with Gasteiger partial charge in [-0.25, -0.2) is 0 Å². The number of anilines is 1. The van der Waals surface area contributed by atoms with Gasteiger partial charge in [0, 0.05) is 37.3 Å². The SMILES string of the molecule is CNC(C)Cc1noc(-c2ccc(N(C)CC(C)C)cc2)n1. The molecule has 2 rings (SSSR count). The van der Waals surface area contributed by atoms with Gasteiger partial charge in [-0.15, -0.1) is 0 Å². The highest BCUT2D eigenvalue weighted by atomic mass is 16.5. The van der Waals surface area contributed by atoms with E-state index < -0.39 is 0 Å². The van der Waals surface area contributed by atoms with Gasteiger partial charge < -0.3 is 14.7 Å². The highest BCUT2D eigenvalue weighted by molar-refractivity contribution is 5.59. The normalized spacial score (nSPS) is 12.6. The second kappa shape index (κ2) is 7.40. The molecule has 1 N–H and O–H groups in total. The van der Waals surface area contributed by atoms with E-state index in [-0.39, 0.29) is 0 Å². The number of nitrogens with zero attached hydrogens (tertiary/aromatic N) is 3. The topological polar surface area (TPSA) is 54.2 Å². The van der Waals surface area contributed by atoms with Crippen molar-refractivity contribution in [3.63, 3.8) is 0 Å². The van der Waals surface area contributed by atoms with Gasteiger partial charge in [0.15, 0.2) is 5.82 Å². The number of hydrogen-bond acceptors (Lipinski definition) is 5. The maximum atomic E-state index is 5.36. The van der Waals surface area contributed by atoms with E-state index in [1.807, 2.05) is 19.2 Å². The standard InChI is InChI=1S/C17H26N4O/c1-12(2)11-21(5)15-8-6-14(7-9-15)17-19-16(20-22-17)10-13(3)18-4/h6-9,12-13,18H,10-11H2,1-5H3. The van der Waals surface area contributed by atoms with Crippen LogP contribution in [0.1, 0.15) is 26.6 Å². The molecule has 0 saturated carbocycles. The summed E-state index contributed by atoms with van der Waals surface area (Å²) in [5, 5.41) is 7.21. The zero-order valence-electron chi connectivity index (χ0n) is 14.1. The van der Waals surface area contributed by atoms with Gasteiger partial charge in [0.25, 0.3) is 5.89 Å². The Balaban J connectivity index is 2.07. The molecule has 5 heteroatoms. The molecular formula is C17H26N4O. The van der Waals surface area contributed by atoms with Crippen LogP contribution in [0.3, 0.4) is 0 Å². The first-order valence-corrected chi connectivity index (χ1v) is 7.81. The fourth-order valence-corrected chi connectivity index (χ4v) is 2.34. The maximum Gasteiger partial charge on any atom is 0.257 e. The Hall–Kier alpha value is -1.88. The Labute approximate surface area is 132 Å². The third-order valence-corrected chi connectivity index (χ3v) is 3.64. The highest BCUT2D eigenvalue weighted by Gasteiger charge is 2.11. The van der Waals surface area contributed by atoms with Crippen LogP contribution in [0, 0.1) is 5.92 Å². The van der Waals surface area contributed by atoms with Crippen LogP contribution in [0.25, 0.3) is 11.5 Å². The molecule has 120 valence electrons. The lowest BCUT2D eigenvalue weighted by Gasteiger charge is -2.21.